The Bertz CT molecular complexity index is 399. The molecule has 0 aliphatic rings. The van der Waals surface area contributed by atoms with Gasteiger partial charge in [0.15, 0.2) is 0 Å². The van der Waals surface area contributed by atoms with Crippen molar-refractivity contribution in [2.24, 2.45) is 0 Å². The molecule has 2 nitrogen and oxygen atoms in total. The molecule has 0 aliphatic heterocycles. The minimum atomic E-state index is 0.838. The molecular weight excluding hydrogens is 266 g/mol. The van der Waals surface area contributed by atoms with Gasteiger partial charge in [-0.25, -0.2) is 0 Å². The molecule has 0 saturated heterocycles. The Kier molecular flexibility index (Phi) is 5.39. The number of pyridine rings is 1. The quantitative estimate of drug-likeness (QED) is 0.605. The van der Waals surface area contributed by atoms with Crippen LogP contribution in [-0.2, 0) is 4.79 Å². The molecule has 0 bridgehead atoms. The summed E-state index contributed by atoms with van der Waals surface area (Å²) in [5, 5.41) is 0. The first-order chi connectivity index (χ1) is 7.69. The maximum atomic E-state index is 10.9. The zero-order valence-electron chi connectivity index (χ0n) is 9.66. The van der Waals surface area contributed by atoms with Gasteiger partial charge in [0.25, 0.3) is 0 Å². The lowest BCUT2D eigenvalue weighted by Crippen LogP contribution is -1.90. The normalized spacial score (nSPS) is 11.6. The number of aldehydes is 1. The van der Waals surface area contributed by atoms with Crippen LogP contribution in [-0.4, -0.2) is 11.3 Å². The molecule has 0 saturated carbocycles. The number of rotatable bonds is 5. The second-order valence-electron chi connectivity index (χ2n) is 3.78. The Balaban J connectivity index is 2.94. The van der Waals surface area contributed by atoms with Gasteiger partial charge in [0.05, 0.1) is 0 Å². The number of unbranched alkanes of at least 4 members (excludes halogenated alkanes) is 1. The van der Waals surface area contributed by atoms with Crippen LogP contribution in [0.1, 0.15) is 37.3 Å². The highest BCUT2D eigenvalue weighted by Crippen LogP contribution is 2.20. The third-order valence-corrected chi connectivity index (χ3v) is 3.30. The molecule has 0 aliphatic carbocycles. The molecule has 86 valence electrons. The van der Waals surface area contributed by atoms with Crippen LogP contribution in [0.5, 0.6) is 0 Å². The highest BCUT2D eigenvalue weighted by molar-refractivity contribution is 9.10. The van der Waals surface area contributed by atoms with Crippen LogP contribution >= 0.6 is 15.9 Å². The van der Waals surface area contributed by atoms with E-state index in [4.69, 9.17) is 0 Å². The van der Waals surface area contributed by atoms with E-state index in [0.29, 0.717) is 0 Å². The summed E-state index contributed by atoms with van der Waals surface area (Å²) < 4.78 is 0.974. The smallest absolute Gasteiger partial charge is 0.146 e. The van der Waals surface area contributed by atoms with E-state index in [0.717, 1.165) is 46.7 Å². The molecular formula is C13H16BrNO. The van der Waals surface area contributed by atoms with E-state index >= 15 is 0 Å². The predicted molar refractivity (Wildman–Crippen MR) is 70.2 cm³/mol. The largest absolute Gasteiger partial charge is 0.298 e. The van der Waals surface area contributed by atoms with Crippen molar-refractivity contribution >= 4 is 28.3 Å². The zero-order valence-corrected chi connectivity index (χ0v) is 11.3. The van der Waals surface area contributed by atoms with Gasteiger partial charge < -0.3 is 0 Å². The molecule has 0 atom stereocenters. The van der Waals surface area contributed by atoms with Gasteiger partial charge in [0, 0.05) is 16.9 Å². The fourth-order valence-electron chi connectivity index (χ4n) is 1.41. The lowest BCUT2D eigenvalue weighted by molar-refractivity contribution is -0.105. The topological polar surface area (TPSA) is 30.0 Å². The minimum Gasteiger partial charge on any atom is -0.298 e. The van der Waals surface area contributed by atoms with Crippen LogP contribution in [0.2, 0.25) is 0 Å². The molecule has 0 N–H and O–H groups in total. The van der Waals surface area contributed by atoms with E-state index in [1.807, 2.05) is 13.0 Å². The van der Waals surface area contributed by atoms with E-state index in [-0.39, 0.29) is 0 Å². The maximum absolute atomic E-state index is 10.9. The van der Waals surface area contributed by atoms with E-state index in [2.05, 4.69) is 27.8 Å². The number of aromatic nitrogens is 1. The second-order valence-corrected chi connectivity index (χ2v) is 4.63. The predicted octanol–water partition coefficient (Wildman–Crippen LogP) is 3.93. The number of nitrogens with zero attached hydrogens (tertiary/aromatic N) is 1. The molecule has 0 amide bonds. The highest BCUT2D eigenvalue weighted by Gasteiger charge is 2.02. The molecule has 1 rings (SSSR count). The van der Waals surface area contributed by atoms with Gasteiger partial charge in [-0.2, -0.15) is 0 Å². The van der Waals surface area contributed by atoms with Crippen molar-refractivity contribution in [3.8, 4) is 0 Å². The Morgan fingerprint density at radius 2 is 2.25 bits per heavy atom. The average Bonchev–Trinajstić information content (AvgIpc) is 2.30. The van der Waals surface area contributed by atoms with Gasteiger partial charge in [-0.3, -0.25) is 9.78 Å². The second kappa shape index (κ2) is 6.59. The third-order valence-electron chi connectivity index (χ3n) is 2.50. The van der Waals surface area contributed by atoms with E-state index in [9.17, 15) is 4.79 Å². The van der Waals surface area contributed by atoms with Crippen molar-refractivity contribution in [2.45, 2.75) is 33.1 Å². The average molecular weight is 282 g/mol. The summed E-state index contributed by atoms with van der Waals surface area (Å²) in [6.45, 7) is 4.13. The standard InChI is InChI=1S/C13H16BrNO/c1-3-4-5-11(9-16)6-12-7-15-8-13(14)10(12)2/h6-9H,3-5H2,1-2H3/b11-6+. The van der Waals surface area contributed by atoms with Crippen molar-refractivity contribution < 1.29 is 4.79 Å². The molecule has 1 aromatic rings. The molecule has 0 unspecified atom stereocenters. The molecule has 0 spiro atoms. The molecule has 0 aromatic carbocycles. The summed E-state index contributed by atoms with van der Waals surface area (Å²) in [5.74, 6) is 0. The summed E-state index contributed by atoms with van der Waals surface area (Å²) in [6, 6.07) is 0. The number of halogens is 1. The first-order valence-electron chi connectivity index (χ1n) is 5.45. The summed E-state index contributed by atoms with van der Waals surface area (Å²) in [5.41, 5.74) is 2.96. The van der Waals surface area contributed by atoms with Gasteiger partial charge in [-0.1, -0.05) is 13.3 Å². The van der Waals surface area contributed by atoms with E-state index in [1.165, 1.54) is 0 Å². The summed E-state index contributed by atoms with van der Waals surface area (Å²) in [6.07, 6.45) is 9.40. The Hall–Kier alpha value is -0.960. The van der Waals surface area contributed by atoms with Crippen LogP contribution in [0.3, 0.4) is 0 Å². The van der Waals surface area contributed by atoms with Crippen molar-refractivity contribution in [3.05, 3.63) is 33.6 Å². The highest BCUT2D eigenvalue weighted by atomic mass is 79.9. The lowest BCUT2D eigenvalue weighted by atomic mass is 10.1. The first-order valence-corrected chi connectivity index (χ1v) is 6.24. The summed E-state index contributed by atoms with van der Waals surface area (Å²) in [4.78, 5) is 15.0. The minimum absolute atomic E-state index is 0.838. The van der Waals surface area contributed by atoms with Gasteiger partial charge in [-0.05, 0) is 58.5 Å². The van der Waals surface area contributed by atoms with E-state index < -0.39 is 0 Å². The van der Waals surface area contributed by atoms with Crippen LogP contribution in [0, 0.1) is 6.92 Å². The SMILES string of the molecule is CCCC/C(C=O)=C\c1cncc(Br)c1C. The van der Waals surface area contributed by atoms with Crippen LogP contribution in [0.25, 0.3) is 6.08 Å². The summed E-state index contributed by atoms with van der Waals surface area (Å²) in [7, 11) is 0. The monoisotopic (exact) mass is 281 g/mol. The van der Waals surface area contributed by atoms with Gasteiger partial charge >= 0.3 is 0 Å². The number of carbonyl (C=O) groups is 1. The van der Waals surface area contributed by atoms with Crippen molar-refractivity contribution in [1.82, 2.24) is 4.98 Å². The zero-order chi connectivity index (χ0) is 12.0. The first kappa shape index (κ1) is 13.1. The Labute approximate surface area is 105 Å². The van der Waals surface area contributed by atoms with Crippen LogP contribution in [0.4, 0.5) is 0 Å². The van der Waals surface area contributed by atoms with Gasteiger partial charge in [-0.15, -0.1) is 0 Å². The molecule has 1 heterocycles. The number of carbonyl (C=O) groups excluding carboxylic acids is 1. The third kappa shape index (κ3) is 3.56. The van der Waals surface area contributed by atoms with E-state index in [1.54, 1.807) is 12.4 Å². The molecule has 3 heteroatoms. The fourth-order valence-corrected chi connectivity index (χ4v) is 1.75. The lowest BCUT2D eigenvalue weighted by Gasteiger charge is -2.04. The molecule has 16 heavy (non-hydrogen) atoms. The summed E-state index contributed by atoms with van der Waals surface area (Å²) >= 11 is 3.43. The Morgan fingerprint density at radius 3 is 2.88 bits per heavy atom. The number of hydrogen-bond acceptors (Lipinski definition) is 2. The van der Waals surface area contributed by atoms with Crippen LogP contribution < -0.4 is 0 Å². The van der Waals surface area contributed by atoms with Gasteiger partial charge in [0.2, 0.25) is 0 Å². The Morgan fingerprint density at radius 1 is 1.50 bits per heavy atom. The maximum Gasteiger partial charge on any atom is 0.146 e. The number of allylic oxidation sites excluding steroid dienone is 1. The number of hydrogen-bond donors (Lipinski definition) is 0. The van der Waals surface area contributed by atoms with Gasteiger partial charge in [0.1, 0.15) is 6.29 Å². The van der Waals surface area contributed by atoms with Crippen LogP contribution in [0.15, 0.2) is 22.4 Å². The molecule has 0 fully saturated rings. The van der Waals surface area contributed by atoms with Crippen molar-refractivity contribution in [1.29, 1.82) is 0 Å². The van der Waals surface area contributed by atoms with Crippen molar-refractivity contribution in [3.63, 3.8) is 0 Å². The van der Waals surface area contributed by atoms with Crippen molar-refractivity contribution in [2.75, 3.05) is 0 Å². The molecule has 1 aromatic heterocycles. The molecule has 0 radical (unpaired) electrons. The fraction of sp³-hybridized carbons (Fsp3) is 0.385.